The molecule has 0 aliphatic heterocycles. The van der Waals surface area contributed by atoms with E-state index in [-0.39, 0.29) is 5.78 Å². The lowest BCUT2D eigenvalue weighted by Crippen LogP contribution is -2.05. The zero-order valence-electron chi connectivity index (χ0n) is 20.0. The Labute approximate surface area is 199 Å². The van der Waals surface area contributed by atoms with E-state index in [9.17, 15) is 4.79 Å². The Morgan fingerprint density at radius 1 is 0.853 bits per heavy atom. The summed E-state index contributed by atoms with van der Waals surface area (Å²) in [4.78, 5) is 18.3. The van der Waals surface area contributed by atoms with E-state index in [0.29, 0.717) is 28.5 Å². The van der Waals surface area contributed by atoms with Gasteiger partial charge in [-0.3, -0.25) is 9.78 Å². The summed E-state index contributed by atoms with van der Waals surface area (Å²) in [6.45, 7) is 3.93. The summed E-state index contributed by atoms with van der Waals surface area (Å²) in [7, 11) is 4.68. The highest BCUT2D eigenvalue weighted by molar-refractivity contribution is 6.16. The molecule has 1 aromatic heterocycles. The molecule has 0 spiro atoms. The predicted molar refractivity (Wildman–Crippen MR) is 136 cm³/mol. The van der Waals surface area contributed by atoms with Crippen LogP contribution in [0.4, 0.5) is 0 Å². The highest BCUT2D eigenvalue weighted by atomic mass is 16.5. The molecule has 0 fully saturated rings. The van der Waals surface area contributed by atoms with Crippen molar-refractivity contribution in [2.24, 2.45) is 0 Å². The van der Waals surface area contributed by atoms with Crippen molar-refractivity contribution in [3.8, 4) is 28.4 Å². The molecule has 172 valence electrons. The molecule has 0 radical (unpaired) electrons. The van der Waals surface area contributed by atoms with Crippen molar-refractivity contribution in [1.29, 1.82) is 0 Å². The average molecular weight is 454 g/mol. The largest absolute Gasteiger partial charge is 0.493 e. The van der Waals surface area contributed by atoms with Gasteiger partial charge in [-0.2, -0.15) is 0 Å². The quantitative estimate of drug-likeness (QED) is 0.238. The third-order valence-corrected chi connectivity index (χ3v) is 5.77. The minimum atomic E-state index is -0.125. The molecule has 5 heteroatoms. The molecule has 0 atom stereocenters. The number of hydrogen-bond donors (Lipinski definition) is 0. The van der Waals surface area contributed by atoms with E-state index in [2.05, 4.69) is 24.3 Å². The minimum Gasteiger partial charge on any atom is -0.493 e. The first-order chi connectivity index (χ1) is 16.5. The number of hydrogen-bond acceptors (Lipinski definition) is 5. The molecule has 0 aliphatic rings. The third-order valence-electron chi connectivity index (χ3n) is 5.77. The van der Waals surface area contributed by atoms with Crippen molar-refractivity contribution in [1.82, 2.24) is 4.98 Å². The molecule has 5 nitrogen and oxygen atoms in total. The fourth-order valence-corrected chi connectivity index (χ4v) is 4.11. The molecular weight excluding hydrogens is 426 g/mol. The molecule has 0 saturated heterocycles. The van der Waals surface area contributed by atoms with E-state index in [1.54, 1.807) is 45.6 Å². The Morgan fingerprint density at radius 3 is 2.12 bits per heavy atom. The van der Waals surface area contributed by atoms with E-state index in [1.807, 2.05) is 38.1 Å². The summed E-state index contributed by atoms with van der Waals surface area (Å²) in [5.74, 6) is 1.43. The normalized spacial score (nSPS) is 11.1. The first-order valence-electron chi connectivity index (χ1n) is 11.0. The molecular formula is C29H27NO4. The first-order valence-corrected chi connectivity index (χ1v) is 11.0. The smallest absolute Gasteiger partial charge is 0.203 e. The number of benzene rings is 3. The fraction of sp³-hybridized carbons (Fsp3) is 0.172. The zero-order valence-corrected chi connectivity index (χ0v) is 20.0. The number of nitrogens with zero attached hydrogens (tertiary/aromatic N) is 1. The number of aromatic nitrogens is 1. The highest BCUT2D eigenvalue weighted by Crippen LogP contribution is 2.39. The topological polar surface area (TPSA) is 57.7 Å². The maximum absolute atomic E-state index is 13.6. The van der Waals surface area contributed by atoms with Gasteiger partial charge in [-0.05, 0) is 49.2 Å². The van der Waals surface area contributed by atoms with E-state index in [4.69, 9.17) is 19.2 Å². The molecule has 0 saturated carbocycles. The maximum atomic E-state index is 13.6. The number of aryl methyl sites for hydroxylation is 2. The molecule has 1 heterocycles. The number of ketones is 1. The number of para-hydroxylation sites is 1. The van der Waals surface area contributed by atoms with Crippen LogP contribution < -0.4 is 14.2 Å². The minimum absolute atomic E-state index is 0.125. The van der Waals surface area contributed by atoms with Gasteiger partial charge in [0.25, 0.3) is 0 Å². The molecule has 0 amide bonds. The Balaban J connectivity index is 1.84. The second-order valence-corrected chi connectivity index (χ2v) is 7.99. The van der Waals surface area contributed by atoms with Gasteiger partial charge in [-0.1, -0.05) is 54.1 Å². The van der Waals surface area contributed by atoms with Crippen LogP contribution in [0.3, 0.4) is 0 Å². The van der Waals surface area contributed by atoms with Crippen LogP contribution in [0.1, 0.15) is 27.2 Å². The zero-order chi connectivity index (χ0) is 24.2. The number of allylic oxidation sites excluding steroid dienone is 1. The number of ether oxygens (including phenoxy) is 3. The molecule has 34 heavy (non-hydrogen) atoms. The van der Waals surface area contributed by atoms with Crippen LogP contribution in [0, 0.1) is 13.8 Å². The van der Waals surface area contributed by atoms with E-state index >= 15 is 0 Å². The molecule has 4 aromatic rings. The summed E-state index contributed by atoms with van der Waals surface area (Å²) in [5.41, 5.74) is 5.93. The number of pyridine rings is 1. The van der Waals surface area contributed by atoms with Crippen LogP contribution in [-0.4, -0.2) is 32.1 Å². The van der Waals surface area contributed by atoms with Crippen molar-refractivity contribution in [3.05, 3.63) is 89.1 Å². The van der Waals surface area contributed by atoms with Gasteiger partial charge in [0.1, 0.15) is 0 Å². The lowest BCUT2D eigenvalue weighted by Gasteiger charge is -2.15. The summed E-state index contributed by atoms with van der Waals surface area (Å²) in [5, 5.41) is 0.946. The highest BCUT2D eigenvalue weighted by Gasteiger charge is 2.19. The molecule has 0 bridgehead atoms. The van der Waals surface area contributed by atoms with E-state index in [1.165, 1.54) is 0 Å². The average Bonchev–Trinajstić information content (AvgIpc) is 2.86. The number of carbonyl (C=O) groups excluding carboxylic acids is 1. The van der Waals surface area contributed by atoms with Crippen LogP contribution in [0.2, 0.25) is 0 Å². The maximum Gasteiger partial charge on any atom is 0.203 e. The summed E-state index contributed by atoms with van der Waals surface area (Å²) in [6, 6.07) is 19.7. The van der Waals surface area contributed by atoms with Gasteiger partial charge in [0.2, 0.25) is 5.75 Å². The van der Waals surface area contributed by atoms with Crippen molar-refractivity contribution in [2.75, 3.05) is 21.3 Å². The third kappa shape index (κ3) is 4.37. The van der Waals surface area contributed by atoms with Gasteiger partial charge in [0.05, 0.1) is 32.4 Å². The number of rotatable bonds is 7. The number of carbonyl (C=O) groups is 1. The Hall–Kier alpha value is -4.12. The van der Waals surface area contributed by atoms with Gasteiger partial charge in [-0.25, -0.2) is 0 Å². The van der Waals surface area contributed by atoms with Gasteiger partial charge in [-0.15, -0.1) is 0 Å². The molecule has 0 aliphatic carbocycles. The van der Waals surface area contributed by atoms with Crippen molar-refractivity contribution < 1.29 is 19.0 Å². The predicted octanol–water partition coefficient (Wildman–Crippen LogP) is 6.44. The monoisotopic (exact) mass is 453 g/mol. The first kappa shape index (κ1) is 23.1. The van der Waals surface area contributed by atoms with Crippen LogP contribution in [-0.2, 0) is 0 Å². The van der Waals surface area contributed by atoms with Crippen molar-refractivity contribution in [3.63, 3.8) is 0 Å². The van der Waals surface area contributed by atoms with Gasteiger partial charge >= 0.3 is 0 Å². The summed E-state index contributed by atoms with van der Waals surface area (Å²) >= 11 is 0. The van der Waals surface area contributed by atoms with E-state index in [0.717, 1.165) is 33.2 Å². The lowest BCUT2D eigenvalue weighted by atomic mass is 9.91. The summed E-state index contributed by atoms with van der Waals surface area (Å²) < 4.78 is 16.3. The van der Waals surface area contributed by atoms with Gasteiger partial charge < -0.3 is 14.2 Å². The van der Waals surface area contributed by atoms with Crippen LogP contribution >= 0.6 is 0 Å². The van der Waals surface area contributed by atoms with Crippen molar-refractivity contribution >= 4 is 22.8 Å². The fourth-order valence-electron chi connectivity index (χ4n) is 4.11. The second-order valence-electron chi connectivity index (χ2n) is 7.99. The van der Waals surface area contributed by atoms with Crippen LogP contribution in [0.15, 0.2) is 66.7 Å². The molecule has 0 unspecified atom stereocenters. The molecule has 4 rings (SSSR count). The standard InChI is InChI=1S/C29H27NO4/c1-18-10-13-21(14-11-18)28-22-8-6-7-9-23(22)30-19(2)27(28)24(31)15-12-20-16-25(32-3)29(34-5)26(17-20)33-4/h6-17H,1-5H3/b15-12+. The molecule has 3 aromatic carbocycles. The van der Waals surface area contributed by atoms with Gasteiger partial charge in [0.15, 0.2) is 17.3 Å². The summed E-state index contributed by atoms with van der Waals surface area (Å²) in [6.07, 6.45) is 3.32. The Morgan fingerprint density at radius 2 is 1.50 bits per heavy atom. The van der Waals surface area contributed by atoms with Crippen LogP contribution in [0.25, 0.3) is 28.1 Å². The molecule has 0 N–H and O–H groups in total. The number of methoxy groups -OCH3 is 3. The Bertz CT molecular complexity index is 1360. The van der Waals surface area contributed by atoms with E-state index < -0.39 is 0 Å². The van der Waals surface area contributed by atoms with Gasteiger partial charge in [0, 0.05) is 16.6 Å². The van der Waals surface area contributed by atoms with Crippen LogP contribution in [0.5, 0.6) is 17.2 Å². The SMILES string of the molecule is COc1cc(/C=C/C(=O)c2c(C)nc3ccccc3c2-c2ccc(C)cc2)cc(OC)c1OC. The number of fused-ring (bicyclic) bond motifs is 1. The van der Waals surface area contributed by atoms with Crippen molar-refractivity contribution in [2.45, 2.75) is 13.8 Å². The second kappa shape index (κ2) is 9.79. The lowest BCUT2D eigenvalue weighted by molar-refractivity contribution is 0.104. The Kier molecular flexibility index (Phi) is 6.64.